The molecule has 1 aliphatic carbocycles. The highest BCUT2D eigenvalue weighted by molar-refractivity contribution is 7.86. The topological polar surface area (TPSA) is 225 Å². The minimum absolute atomic E-state index is 0.145. The van der Waals surface area contributed by atoms with Crippen molar-refractivity contribution in [3.05, 3.63) is 117 Å². The Morgan fingerprint density at radius 1 is 0.621 bits per heavy atom. The fraction of sp³-hybridized carbons (Fsp3) is 0.300. The van der Waals surface area contributed by atoms with E-state index in [-0.39, 0.29) is 91.7 Å². The molecule has 58 heavy (non-hydrogen) atoms. The van der Waals surface area contributed by atoms with Crippen molar-refractivity contribution in [1.29, 1.82) is 0 Å². The number of nitrogens with one attached hydrogen (secondary N) is 4. The molecule has 2 atom stereocenters. The molecule has 0 aromatic heterocycles. The molecule has 14 nitrogen and oxygen atoms in total. The van der Waals surface area contributed by atoms with Crippen molar-refractivity contribution >= 4 is 78.2 Å². The van der Waals surface area contributed by atoms with E-state index in [1.807, 2.05) is 13.8 Å². The summed E-state index contributed by atoms with van der Waals surface area (Å²) in [6.07, 6.45) is 1.67. The van der Waals surface area contributed by atoms with Gasteiger partial charge in [-0.3, -0.25) is 28.3 Å². The van der Waals surface area contributed by atoms with E-state index in [1.54, 1.807) is 48.5 Å². The summed E-state index contributed by atoms with van der Waals surface area (Å²) in [4.78, 5) is 50.7. The van der Waals surface area contributed by atoms with Gasteiger partial charge in [0.2, 0.25) is 11.8 Å². The Labute approximate surface area is 346 Å². The van der Waals surface area contributed by atoms with Crippen molar-refractivity contribution in [1.82, 2.24) is 10.6 Å². The highest BCUT2D eigenvalue weighted by atomic mass is 35.5. The molecule has 0 spiro atoms. The highest BCUT2D eigenvalue weighted by Gasteiger charge is 2.34. The summed E-state index contributed by atoms with van der Waals surface area (Å²) in [7, 11) is -9.22. The Kier molecular flexibility index (Phi) is 14.4. The molecule has 2 amide bonds. The first-order valence-electron chi connectivity index (χ1n) is 18.1. The van der Waals surface area contributed by atoms with Crippen molar-refractivity contribution in [2.45, 2.75) is 74.5 Å². The molecular weight excluding hydrogens is 831 g/mol. The summed E-state index contributed by atoms with van der Waals surface area (Å²) in [5.74, 6) is -2.29. The van der Waals surface area contributed by atoms with Crippen LogP contribution in [0.25, 0.3) is 0 Å². The zero-order valence-electron chi connectivity index (χ0n) is 31.5. The predicted octanol–water partition coefficient (Wildman–Crippen LogP) is 5.53. The molecule has 2 unspecified atom stereocenters. The number of anilines is 2. The zero-order valence-corrected chi connectivity index (χ0v) is 34.6. The van der Waals surface area contributed by atoms with E-state index in [0.29, 0.717) is 48.2 Å². The monoisotopic (exact) mass is 872 g/mol. The largest absolute Gasteiger partial charge is 0.382 e. The minimum atomic E-state index is -4.61. The number of hydrogen-bond acceptors (Lipinski definition) is 10. The average Bonchev–Trinajstić information content (AvgIpc) is 3.19. The fourth-order valence-electron chi connectivity index (χ4n) is 6.67. The molecule has 0 fully saturated rings. The van der Waals surface area contributed by atoms with Gasteiger partial charge < -0.3 is 21.3 Å². The SMILES string of the molecule is CC(CCc1ccc(CNC(=O)CCl)c(S(=O)(=O)O)c1)Nc1ccc(NC(C)CCc2ccc(CNC(=O)CCl)c(S(=O)(=O)O)c2)c2c1C(=O)c1ccccc1C2=O. The quantitative estimate of drug-likeness (QED) is 0.0472. The first-order valence-corrected chi connectivity index (χ1v) is 22.1. The maximum absolute atomic E-state index is 14.1. The molecule has 4 aromatic rings. The Hall–Kier alpha value is -4.84. The first kappa shape index (κ1) is 44.3. The van der Waals surface area contributed by atoms with Crippen molar-refractivity contribution in [2.75, 3.05) is 22.4 Å². The van der Waals surface area contributed by atoms with Gasteiger partial charge in [-0.25, -0.2) is 0 Å². The van der Waals surface area contributed by atoms with E-state index in [1.165, 1.54) is 24.3 Å². The summed E-state index contributed by atoms with van der Waals surface area (Å²) in [5, 5.41) is 11.7. The van der Waals surface area contributed by atoms with E-state index in [0.717, 1.165) is 0 Å². The van der Waals surface area contributed by atoms with Crippen LogP contribution in [0, 0.1) is 0 Å². The number of amides is 2. The van der Waals surface area contributed by atoms with Gasteiger partial charge in [-0.2, -0.15) is 16.8 Å². The average molecular weight is 874 g/mol. The van der Waals surface area contributed by atoms with Gasteiger partial charge in [-0.1, -0.05) is 48.5 Å². The molecule has 0 aliphatic heterocycles. The molecule has 1 aliphatic rings. The Morgan fingerprint density at radius 2 is 1.00 bits per heavy atom. The van der Waals surface area contributed by atoms with Crippen molar-refractivity contribution in [3.63, 3.8) is 0 Å². The highest BCUT2D eigenvalue weighted by Crippen LogP contribution is 2.37. The minimum Gasteiger partial charge on any atom is -0.382 e. The lowest BCUT2D eigenvalue weighted by Crippen LogP contribution is -2.27. The lowest BCUT2D eigenvalue weighted by Gasteiger charge is -2.27. The van der Waals surface area contributed by atoms with Gasteiger partial charge in [0.25, 0.3) is 20.2 Å². The summed E-state index contributed by atoms with van der Waals surface area (Å²) < 4.78 is 68.5. The van der Waals surface area contributed by atoms with Crippen molar-refractivity contribution < 1.29 is 45.1 Å². The third-order valence-electron chi connectivity index (χ3n) is 9.63. The van der Waals surface area contributed by atoms with Crippen LogP contribution in [-0.4, -0.2) is 73.2 Å². The van der Waals surface area contributed by atoms with E-state index in [2.05, 4.69) is 21.3 Å². The maximum Gasteiger partial charge on any atom is 0.294 e. The summed E-state index contributed by atoms with van der Waals surface area (Å²) in [6, 6.07) is 18.5. The third-order valence-corrected chi connectivity index (χ3v) is 12.0. The van der Waals surface area contributed by atoms with Gasteiger partial charge in [0.05, 0.1) is 20.9 Å². The van der Waals surface area contributed by atoms with Crippen LogP contribution in [0.1, 0.15) is 80.8 Å². The summed E-state index contributed by atoms with van der Waals surface area (Å²) in [6.45, 7) is 3.46. The second kappa shape index (κ2) is 18.8. The molecule has 4 aromatic carbocycles. The number of aryl methyl sites for hydroxylation is 2. The number of hydrogen-bond donors (Lipinski definition) is 6. The Morgan fingerprint density at radius 3 is 1.34 bits per heavy atom. The standard InChI is InChI=1S/C40H42Cl2N4O10S2/c1-23(7-9-25-11-13-27(21-43-35(47)19-41)33(17-25)57(51,52)53)45-31-15-16-32(38-37(31)39(49)29-5-3-4-6-30(29)40(38)50)46-24(2)8-10-26-12-14-28(22-44-36(48)20-42)34(18-26)58(54,55)56/h3-6,11-18,23-24,45-46H,7-10,19-22H2,1-2H3,(H,43,47)(H,44,48)(H,51,52,53)(H,54,55,56). The lowest BCUT2D eigenvalue weighted by atomic mass is 9.82. The van der Waals surface area contributed by atoms with Gasteiger partial charge in [-0.15, -0.1) is 23.2 Å². The van der Waals surface area contributed by atoms with Crippen molar-refractivity contribution in [2.24, 2.45) is 0 Å². The molecule has 6 N–H and O–H groups in total. The number of carbonyl (C=O) groups is 4. The zero-order chi connectivity index (χ0) is 42.4. The summed E-state index contributed by atoms with van der Waals surface area (Å²) >= 11 is 11.0. The maximum atomic E-state index is 14.1. The number of ketones is 2. The number of benzene rings is 4. The van der Waals surface area contributed by atoms with Crippen LogP contribution in [0.4, 0.5) is 11.4 Å². The van der Waals surface area contributed by atoms with Crippen LogP contribution in [0.3, 0.4) is 0 Å². The lowest BCUT2D eigenvalue weighted by molar-refractivity contribution is -0.119. The van der Waals surface area contributed by atoms with Crippen molar-refractivity contribution in [3.8, 4) is 0 Å². The molecule has 308 valence electrons. The molecule has 0 heterocycles. The molecule has 0 saturated carbocycles. The molecular formula is C40H42Cl2N4O10S2. The van der Waals surface area contributed by atoms with Crippen LogP contribution in [0.15, 0.2) is 82.6 Å². The van der Waals surface area contributed by atoms with Gasteiger partial charge >= 0.3 is 0 Å². The van der Waals surface area contributed by atoms with Gasteiger partial charge in [0, 0.05) is 47.7 Å². The number of halogens is 2. The molecule has 18 heteroatoms. The molecule has 0 bridgehead atoms. The first-order chi connectivity index (χ1) is 27.4. The second-order valence-corrected chi connectivity index (χ2v) is 17.3. The van der Waals surface area contributed by atoms with Crippen LogP contribution in [-0.2, 0) is 55.8 Å². The number of alkyl halides is 2. The number of rotatable bonds is 18. The van der Waals surface area contributed by atoms with E-state index >= 15 is 0 Å². The smallest absolute Gasteiger partial charge is 0.294 e. The molecule has 0 radical (unpaired) electrons. The number of fused-ring (bicyclic) bond motifs is 2. The Bertz CT molecular complexity index is 2310. The number of carbonyl (C=O) groups excluding carboxylic acids is 4. The van der Waals surface area contributed by atoms with E-state index < -0.39 is 32.1 Å². The van der Waals surface area contributed by atoms with Crippen LogP contribution >= 0.6 is 23.2 Å². The van der Waals surface area contributed by atoms with Gasteiger partial charge in [-0.05, 0) is 86.1 Å². The third kappa shape index (κ3) is 10.8. The second-order valence-electron chi connectivity index (χ2n) is 13.9. The predicted molar refractivity (Wildman–Crippen MR) is 220 cm³/mol. The fourth-order valence-corrected chi connectivity index (χ4v) is 8.40. The van der Waals surface area contributed by atoms with Crippen LogP contribution in [0.2, 0.25) is 0 Å². The Balaban J connectivity index is 1.34. The summed E-state index contributed by atoms with van der Waals surface area (Å²) in [5.41, 5.74) is 3.37. The molecule has 5 rings (SSSR count). The van der Waals surface area contributed by atoms with E-state index in [9.17, 15) is 45.1 Å². The van der Waals surface area contributed by atoms with Gasteiger partial charge in [0.15, 0.2) is 11.6 Å². The normalized spacial score (nSPS) is 13.6. The van der Waals surface area contributed by atoms with Gasteiger partial charge in [0.1, 0.15) is 11.8 Å². The van der Waals surface area contributed by atoms with Crippen LogP contribution in [0.5, 0.6) is 0 Å². The molecule has 0 saturated heterocycles. The van der Waals surface area contributed by atoms with E-state index in [4.69, 9.17) is 23.2 Å². The van der Waals surface area contributed by atoms with Crippen LogP contribution < -0.4 is 21.3 Å².